The topological polar surface area (TPSA) is 63.3 Å². The van der Waals surface area contributed by atoms with E-state index in [1.165, 1.54) is 5.57 Å². The largest absolute Gasteiger partial charge is 0.393 e. The molecule has 0 aromatic heterocycles. The molecule has 3 fully saturated rings. The lowest BCUT2D eigenvalue weighted by Gasteiger charge is -2.58. The number of fused-ring (bicyclic) bond motifs is 5. The fraction of sp³-hybridized carbons (Fsp3) is 0.842. The fourth-order valence-electron chi connectivity index (χ4n) is 6.49. The van der Waals surface area contributed by atoms with E-state index in [2.05, 4.69) is 19.9 Å². The molecule has 0 aromatic carbocycles. The lowest BCUT2D eigenvalue weighted by molar-refractivity contribution is -0.132. The third-order valence-corrected chi connectivity index (χ3v) is 7.88. The molecule has 0 saturated heterocycles. The first-order chi connectivity index (χ1) is 10.4. The second kappa shape index (κ2) is 4.67. The van der Waals surface area contributed by atoms with Crippen molar-refractivity contribution in [2.45, 2.75) is 70.9 Å². The maximum atomic E-state index is 12.4. The summed E-state index contributed by atoms with van der Waals surface area (Å²) in [5, 5.41) is 10.0. The van der Waals surface area contributed by atoms with Crippen LogP contribution in [-0.2, 0) is 4.79 Å². The van der Waals surface area contributed by atoms with Gasteiger partial charge in [-0.1, -0.05) is 25.5 Å². The molecule has 3 N–H and O–H groups in total. The van der Waals surface area contributed by atoms with Gasteiger partial charge >= 0.3 is 0 Å². The van der Waals surface area contributed by atoms with Crippen LogP contribution in [0.1, 0.15) is 58.8 Å². The quantitative estimate of drug-likeness (QED) is 0.676. The molecule has 0 aromatic rings. The van der Waals surface area contributed by atoms with Crippen molar-refractivity contribution in [3.05, 3.63) is 11.6 Å². The molecular formula is C19H29NO2. The Balaban J connectivity index is 1.75. The molecule has 4 aliphatic carbocycles. The molecular weight excluding hydrogens is 274 g/mol. The van der Waals surface area contributed by atoms with Crippen LogP contribution in [-0.4, -0.2) is 23.0 Å². The zero-order chi connectivity index (χ0) is 15.7. The summed E-state index contributed by atoms with van der Waals surface area (Å²) in [6, 6.07) is 0.0638. The Kier molecular flexibility index (Phi) is 3.16. The Morgan fingerprint density at radius 2 is 1.82 bits per heavy atom. The molecule has 7 atom stereocenters. The summed E-state index contributed by atoms with van der Waals surface area (Å²) in [5.74, 6) is 1.99. The van der Waals surface area contributed by atoms with Gasteiger partial charge in [-0.25, -0.2) is 0 Å². The van der Waals surface area contributed by atoms with Crippen molar-refractivity contribution in [1.29, 1.82) is 0 Å². The van der Waals surface area contributed by atoms with Gasteiger partial charge in [0, 0.05) is 17.9 Å². The van der Waals surface area contributed by atoms with Crippen LogP contribution in [0.4, 0.5) is 0 Å². The summed E-state index contributed by atoms with van der Waals surface area (Å²) in [7, 11) is 0. The van der Waals surface area contributed by atoms with Crippen LogP contribution in [0.25, 0.3) is 0 Å². The van der Waals surface area contributed by atoms with Gasteiger partial charge in [-0.15, -0.1) is 0 Å². The van der Waals surface area contributed by atoms with Crippen molar-refractivity contribution in [1.82, 2.24) is 0 Å². The first-order valence-corrected chi connectivity index (χ1v) is 9.04. The Morgan fingerprint density at radius 3 is 2.59 bits per heavy atom. The molecule has 0 radical (unpaired) electrons. The van der Waals surface area contributed by atoms with E-state index in [0.717, 1.165) is 44.9 Å². The zero-order valence-electron chi connectivity index (χ0n) is 13.8. The lowest BCUT2D eigenvalue weighted by Crippen LogP contribution is -2.56. The number of hydrogen-bond donors (Lipinski definition) is 2. The van der Waals surface area contributed by atoms with Crippen LogP contribution in [0.15, 0.2) is 11.6 Å². The Bertz CT molecular complexity index is 542. The van der Waals surface area contributed by atoms with E-state index in [-0.39, 0.29) is 23.0 Å². The highest BCUT2D eigenvalue weighted by molar-refractivity contribution is 5.87. The molecule has 3 heteroatoms. The van der Waals surface area contributed by atoms with Crippen LogP contribution in [0, 0.1) is 28.6 Å². The zero-order valence-corrected chi connectivity index (χ0v) is 13.8. The van der Waals surface area contributed by atoms with Crippen molar-refractivity contribution in [3.63, 3.8) is 0 Å². The second-order valence-electron chi connectivity index (χ2n) is 8.79. The van der Waals surface area contributed by atoms with E-state index >= 15 is 0 Å². The van der Waals surface area contributed by atoms with Gasteiger partial charge in [0.15, 0.2) is 0 Å². The normalized spacial score (nSPS) is 54.3. The minimum Gasteiger partial charge on any atom is -0.393 e. The number of nitrogens with two attached hydrogens (primary N) is 1. The summed E-state index contributed by atoms with van der Waals surface area (Å²) in [6.45, 7) is 4.59. The standard InChI is InChI=1S/C19H29NO2/c1-18-7-5-12(21)9-11(18)10-15(20)17-13-3-4-16(22)19(13,2)8-6-14(17)18/h10,12-15,17,21H,3-9,20H2,1-2H3/t12-,13?,14?,15+,17?,18-,19-/m0/s1. The summed E-state index contributed by atoms with van der Waals surface area (Å²) in [6.07, 6.45) is 8.81. The number of Topliss-reactive ketones (excluding diaryl/α,β-unsaturated/α-hetero) is 1. The molecule has 0 bridgehead atoms. The van der Waals surface area contributed by atoms with Gasteiger partial charge in [-0.2, -0.15) is 0 Å². The van der Waals surface area contributed by atoms with Gasteiger partial charge < -0.3 is 10.8 Å². The predicted molar refractivity (Wildman–Crippen MR) is 86.1 cm³/mol. The first kappa shape index (κ1) is 14.9. The molecule has 0 aliphatic heterocycles. The first-order valence-electron chi connectivity index (χ1n) is 9.04. The van der Waals surface area contributed by atoms with Crippen LogP contribution in [0.5, 0.6) is 0 Å². The Labute approximate surface area is 133 Å². The van der Waals surface area contributed by atoms with Crippen molar-refractivity contribution in [2.24, 2.45) is 34.3 Å². The highest BCUT2D eigenvalue weighted by Crippen LogP contribution is 2.63. The SMILES string of the molecule is C[C@]12CC[C@H](O)CC1=C[C@@H](N)C1C2CC[C@]2(C)C(=O)CCC12. The van der Waals surface area contributed by atoms with E-state index in [4.69, 9.17) is 5.73 Å². The number of hydrogen-bond acceptors (Lipinski definition) is 3. The van der Waals surface area contributed by atoms with Gasteiger partial charge in [0.2, 0.25) is 0 Å². The average Bonchev–Trinajstić information content (AvgIpc) is 2.77. The predicted octanol–water partition coefficient (Wildman–Crippen LogP) is 2.82. The van der Waals surface area contributed by atoms with Crippen molar-refractivity contribution in [2.75, 3.05) is 0 Å². The lowest BCUT2D eigenvalue weighted by atomic mass is 9.47. The number of carbonyl (C=O) groups is 1. The van der Waals surface area contributed by atoms with Crippen LogP contribution in [0.2, 0.25) is 0 Å². The number of aliphatic hydroxyl groups is 1. The molecule has 122 valence electrons. The van der Waals surface area contributed by atoms with E-state index in [1.807, 2.05) is 0 Å². The van der Waals surface area contributed by atoms with Gasteiger partial charge in [0.05, 0.1) is 6.10 Å². The summed E-state index contributed by atoms with van der Waals surface area (Å²) in [5.41, 5.74) is 8.07. The summed E-state index contributed by atoms with van der Waals surface area (Å²) in [4.78, 5) is 12.4. The average molecular weight is 303 g/mol. The molecule has 4 aliphatic rings. The van der Waals surface area contributed by atoms with Crippen molar-refractivity contribution < 1.29 is 9.90 Å². The van der Waals surface area contributed by atoms with Gasteiger partial charge in [0.1, 0.15) is 5.78 Å². The highest BCUT2D eigenvalue weighted by atomic mass is 16.3. The van der Waals surface area contributed by atoms with E-state index < -0.39 is 0 Å². The summed E-state index contributed by atoms with van der Waals surface area (Å²) < 4.78 is 0. The molecule has 0 spiro atoms. The minimum atomic E-state index is -0.190. The number of aliphatic hydroxyl groups excluding tert-OH is 1. The van der Waals surface area contributed by atoms with Crippen LogP contribution < -0.4 is 5.73 Å². The highest BCUT2D eigenvalue weighted by Gasteiger charge is 2.60. The Hall–Kier alpha value is -0.670. The van der Waals surface area contributed by atoms with Gasteiger partial charge in [-0.05, 0) is 61.7 Å². The maximum Gasteiger partial charge on any atom is 0.139 e. The second-order valence-corrected chi connectivity index (χ2v) is 8.79. The Morgan fingerprint density at radius 1 is 1.14 bits per heavy atom. The number of rotatable bonds is 0. The van der Waals surface area contributed by atoms with Crippen LogP contribution >= 0.6 is 0 Å². The smallest absolute Gasteiger partial charge is 0.139 e. The molecule has 4 rings (SSSR count). The molecule has 0 amide bonds. The third kappa shape index (κ3) is 1.78. The van der Waals surface area contributed by atoms with Crippen LogP contribution in [0.3, 0.4) is 0 Å². The van der Waals surface area contributed by atoms with E-state index in [0.29, 0.717) is 23.5 Å². The van der Waals surface area contributed by atoms with Crippen molar-refractivity contribution >= 4 is 5.78 Å². The number of carbonyl (C=O) groups excluding carboxylic acids is 1. The van der Waals surface area contributed by atoms with Gasteiger partial charge in [0.25, 0.3) is 0 Å². The summed E-state index contributed by atoms with van der Waals surface area (Å²) >= 11 is 0. The van der Waals surface area contributed by atoms with Crippen molar-refractivity contribution in [3.8, 4) is 0 Å². The molecule has 0 heterocycles. The van der Waals surface area contributed by atoms with Gasteiger partial charge in [-0.3, -0.25) is 4.79 Å². The fourth-order valence-corrected chi connectivity index (χ4v) is 6.49. The minimum absolute atomic E-state index is 0.0638. The third-order valence-electron chi connectivity index (χ3n) is 7.88. The monoisotopic (exact) mass is 303 g/mol. The molecule has 3 saturated carbocycles. The molecule has 3 nitrogen and oxygen atoms in total. The maximum absolute atomic E-state index is 12.4. The van der Waals surface area contributed by atoms with E-state index in [9.17, 15) is 9.90 Å². The van der Waals surface area contributed by atoms with E-state index in [1.54, 1.807) is 0 Å². The molecule has 3 unspecified atom stereocenters. The molecule has 22 heavy (non-hydrogen) atoms. The number of ketones is 1.